The molecule has 0 spiro atoms. The first kappa shape index (κ1) is 18.9. The lowest BCUT2D eigenvalue weighted by molar-refractivity contribution is -0.138. The van der Waals surface area contributed by atoms with Gasteiger partial charge in [0.25, 0.3) is 11.5 Å². The molecular formula is C15H17F3N6O3. The number of carbonyl (C=O) groups is 1. The van der Waals surface area contributed by atoms with E-state index in [1.165, 1.54) is 0 Å². The number of rotatable bonds is 6. The minimum absolute atomic E-state index is 0.0541. The summed E-state index contributed by atoms with van der Waals surface area (Å²) in [5, 5.41) is 14.7. The Morgan fingerprint density at radius 2 is 2.19 bits per heavy atom. The summed E-state index contributed by atoms with van der Waals surface area (Å²) in [7, 11) is 0. The molecule has 0 radical (unpaired) electrons. The van der Waals surface area contributed by atoms with Crippen molar-refractivity contribution in [2.45, 2.75) is 32.3 Å². The smallest absolute Gasteiger partial charge is 0.378 e. The Kier molecular flexibility index (Phi) is 5.17. The zero-order chi connectivity index (χ0) is 19.6. The molecule has 1 aliphatic heterocycles. The van der Waals surface area contributed by atoms with Gasteiger partial charge in [0.2, 0.25) is 0 Å². The molecular weight excluding hydrogens is 369 g/mol. The molecule has 0 unspecified atom stereocenters. The highest BCUT2D eigenvalue weighted by atomic mass is 19.4. The second kappa shape index (κ2) is 7.39. The number of nitrogens with one attached hydrogen (secondary N) is 3. The van der Waals surface area contributed by atoms with Gasteiger partial charge in [0, 0.05) is 12.6 Å². The third kappa shape index (κ3) is 4.27. The summed E-state index contributed by atoms with van der Waals surface area (Å²) in [4.78, 5) is 23.1. The number of anilines is 1. The van der Waals surface area contributed by atoms with Crippen molar-refractivity contribution in [3.05, 3.63) is 39.6 Å². The molecule has 3 N–H and O–H groups in total. The van der Waals surface area contributed by atoms with Gasteiger partial charge in [-0.15, -0.1) is 0 Å². The van der Waals surface area contributed by atoms with Crippen LogP contribution in [0.4, 0.5) is 18.9 Å². The molecule has 0 aliphatic carbocycles. The molecule has 9 nitrogen and oxygen atoms in total. The number of amides is 1. The summed E-state index contributed by atoms with van der Waals surface area (Å²) < 4.78 is 46.1. The lowest BCUT2D eigenvalue weighted by Crippen LogP contribution is -2.35. The molecule has 0 saturated heterocycles. The molecule has 2 aromatic heterocycles. The van der Waals surface area contributed by atoms with Gasteiger partial charge in [-0.2, -0.15) is 23.4 Å². The van der Waals surface area contributed by atoms with Gasteiger partial charge in [-0.3, -0.25) is 14.3 Å². The van der Waals surface area contributed by atoms with Crippen molar-refractivity contribution in [2.24, 2.45) is 0 Å². The monoisotopic (exact) mass is 386 g/mol. The maximum Gasteiger partial charge on any atom is 0.423 e. The predicted molar refractivity (Wildman–Crippen MR) is 87.2 cm³/mol. The first-order valence-corrected chi connectivity index (χ1v) is 8.10. The Labute approximate surface area is 150 Å². The predicted octanol–water partition coefficient (Wildman–Crippen LogP) is 0.746. The van der Waals surface area contributed by atoms with E-state index in [4.69, 9.17) is 4.74 Å². The summed E-state index contributed by atoms with van der Waals surface area (Å²) in [6.45, 7) is 2.82. The van der Waals surface area contributed by atoms with Gasteiger partial charge in [0.05, 0.1) is 37.3 Å². The number of nitrogens with zero attached hydrogens (tertiary/aromatic N) is 3. The maximum absolute atomic E-state index is 13.0. The van der Waals surface area contributed by atoms with Crippen molar-refractivity contribution in [3.8, 4) is 0 Å². The van der Waals surface area contributed by atoms with E-state index in [1.807, 2.05) is 0 Å². The number of hydrogen-bond acceptors (Lipinski definition) is 6. The van der Waals surface area contributed by atoms with E-state index in [0.29, 0.717) is 24.5 Å². The van der Waals surface area contributed by atoms with E-state index < -0.39 is 29.0 Å². The lowest BCUT2D eigenvalue weighted by atomic mass is 10.2. The van der Waals surface area contributed by atoms with E-state index in [1.54, 1.807) is 22.8 Å². The second-order valence-corrected chi connectivity index (χ2v) is 6.05. The Morgan fingerprint density at radius 1 is 1.41 bits per heavy atom. The summed E-state index contributed by atoms with van der Waals surface area (Å²) in [6, 6.07) is 1.07. The summed E-state index contributed by atoms with van der Waals surface area (Å²) in [5.41, 5.74) is -2.09. The Morgan fingerprint density at radius 3 is 2.89 bits per heavy atom. The van der Waals surface area contributed by atoms with Crippen molar-refractivity contribution >= 4 is 11.6 Å². The standard InChI is InChI=1S/C15H17F3N6O3/c1-8(21-10-5-20-22-14(26)12(10)15(16,17)18)6-27-7-9-4-11-13(25)19-2-3-24(11)23-9/h4-5,8H,2-3,6-7H2,1H3,(H,19,25)(H2,21,22,26)/t8-/m0/s1. The molecule has 0 saturated carbocycles. The van der Waals surface area contributed by atoms with Gasteiger partial charge in [-0.1, -0.05) is 0 Å². The zero-order valence-electron chi connectivity index (χ0n) is 14.3. The third-order valence-electron chi connectivity index (χ3n) is 3.83. The van der Waals surface area contributed by atoms with E-state index in [2.05, 4.69) is 20.8 Å². The number of aromatic amines is 1. The fourth-order valence-corrected chi connectivity index (χ4v) is 2.70. The van der Waals surface area contributed by atoms with E-state index in [-0.39, 0.29) is 19.1 Å². The fourth-order valence-electron chi connectivity index (χ4n) is 2.70. The Bertz CT molecular complexity index is 892. The van der Waals surface area contributed by atoms with Crippen molar-refractivity contribution in [3.63, 3.8) is 0 Å². The fraction of sp³-hybridized carbons (Fsp3) is 0.467. The van der Waals surface area contributed by atoms with Crippen LogP contribution in [0.25, 0.3) is 0 Å². The number of hydrogen-bond donors (Lipinski definition) is 3. The third-order valence-corrected chi connectivity index (χ3v) is 3.83. The Hall–Kier alpha value is -2.89. The quantitative estimate of drug-likeness (QED) is 0.675. The van der Waals surface area contributed by atoms with Crippen LogP contribution in [0.5, 0.6) is 0 Å². The normalized spacial score (nSPS) is 15.2. The highest BCUT2D eigenvalue weighted by Crippen LogP contribution is 2.31. The Balaban J connectivity index is 1.58. The molecule has 3 heterocycles. The molecule has 1 atom stereocenters. The summed E-state index contributed by atoms with van der Waals surface area (Å²) in [6.07, 6.45) is -3.90. The molecule has 0 fully saturated rings. The molecule has 2 aromatic rings. The molecule has 3 rings (SSSR count). The second-order valence-electron chi connectivity index (χ2n) is 6.05. The first-order chi connectivity index (χ1) is 12.8. The van der Waals surface area contributed by atoms with Crippen LogP contribution in [0.15, 0.2) is 17.1 Å². The average Bonchev–Trinajstić information content (AvgIpc) is 2.98. The number of alkyl halides is 3. The van der Waals surface area contributed by atoms with Crippen molar-refractivity contribution in [2.75, 3.05) is 18.5 Å². The van der Waals surface area contributed by atoms with Crippen LogP contribution < -0.4 is 16.2 Å². The number of aromatic nitrogens is 4. The van der Waals surface area contributed by atoms with Gasteiger partial charge in [-0.25, -0.2) is 5.10 Å². The van der Waals surface area contributed by atoms with Gasteiger partial charge >= 0.3 is 6.18 Å². The van der Waals surface area contributed by atoms with Gasteiger partial charge < -0.3 is 15.4 Å². The highest BCUT2D eigenvalue weighted by molar-refractivity contribution is 5.93. The molecule has 146 valence electrons. The van der Waals surface area contributed by atoms with Crippen LogP contribution in [-0.2, 0) is 24.1 Å². The van der Waals surface area contributed by atoms with Crippen molar-refractivity contribution in [1.82, 2.24) is 25.3 Å². The number of fused-ring (bicyclic) bond motifs is 1. The van der Waals surface area contributed by atoms with Crippen molar-refractivity contribution in [1.29, 1.82) is 0 Å². The average molecular weight is 386 g/mol. The molecule has 1 aliphatic rings. The minimum Gasteiger partial charge on any atom is -0.378 e. The molecule has 12 heteroatoms. The zero-order valence-corrected chi connectivity index (χ0v) is 14.3. The van der Waals surface area contributed by atoms with E-state index in [9.17, 15) is 22.8 Å². The molecule has 0 bridgehead atoms. The topological polar surface area (TPSA) is 114 Å². The first-order valence-electron chi connectivity index (χ1n) is 8.10. The molecule has 27 heavy (non-hydrogen) atoms. The van der Waals surface area contributed by atoms with Crippen LogP contribution in [0.2, 0.25) is 0 Å². The summed E-state index contributed by atoms with van der Waals surface area (Å²) in [5.74, 6) is -0.212. The number of H-pyrrole nitrogens is 1. The van der Waals surface area contributed by atoms with E-state index >= 15 is 0 Å². The van der Waals surface area contributed by atoms with Crippen LogP contribution in [0.3, 0.4) is 0 Å². The number of halogens is 3. The SMILES string of the molecule is C[C@@H](COCc1cc2n(n1)CCNC2=O)Nc1cn[nH]c(=O)c1C(F)(F)F. The lowest BCUT2D eigenvalue weighted by Gasteiger charge is -2.18. The van der Waals surface area contributed by atoms with Crippen LogP contribution >= 0.6 is 0 Å². The number of carbonyl (C=O) groups excluding carboxylic acids is 1. The van der Waals surface area contributed by atoms with Gasteiger partial charge in [0.1, 0.15) is 11.3 Å². The largest absolute Gasteiger partial charge is 0.423 e. The summed E-state index contributed by atoms with van der Waals surface area (Å²) >= 11 is 0. The van der Waals surface area contributed by atoms with Crippen molar-refractivity contribution < 1.29 is 22.7 Å². The molecule has 0 aromatic carbocycles. The van der Waals surface area contributed by atoms with Gasteiger partial charge in [0.15, 0.2) is 0 Å². The van der Waals surface area contributed by atoms with Gasteiger partial charge in [-0.05, 0) is 13.0 Å². The minimum atomic E-state index is -4.81. The highest BCUT2D eigenvalue weighted by Gasteiger charge is 2.37. The maximum atomic E-state index is 13.0. The van der Waals surface area contributed by atoms with Crippen LogP contribution in [0, 0.1) is 0 Å². The van der Waals surface area contributed by atoms with Crippen LogP contribution in [-0.4, -0.2) is 45.1 Å². The van der Waals surface area contributed by atoms with E-state index in [0.717, 1.165) is 6.20 Å². The molecule has 1 amide bonds. The van der Waals surface area contributed by atoms with Crippen LogP contribution in [0.1, 0.15) is 28.7 Å². The number of ether oxygens (including phenoxy) is 1.